The van der Waals surface area contributed by atoms with E-state index < -0.39 is 5.82 Å². The van der Waals surface area contributed by atoms with Crippen LogP contribution < -0.4 is 14.8 Å². The standard InChI is InChI=1S/C21H20FN3O3.C2H6/c1-27-17-6-3-14(4-7-17)9-10-23-20-12-19(24-21(25-20)28-2)15-5-8-18(22)16(11-15)13-26;1-2/h3-8,11-13H,9-10H2,1-2H3,(H,23,24,25);1-2H3. The van der Waals surface area contributed by atoms with Gasteiger partial charge in [-0.3, -0.25) is 4.79 Å². The third kappa shape index (κ3) is 6.01. The summed E-state index contributed by atoms with van der Waals surface area (Å²) in [6, 6.07) is 14.0. The minimum absolute atomic E-state index is 0.0240. The highest BCUT2D eigenvalue weighted by Crippen LogP contribution is 2.24. The molecule has 158 valence electrons. The molecule has 0 saturated carbocycles. The molecule has 0 amide bonds. The second-order valence-corrected chi connectivity index (χ2v) is 6.00. The number of carbonyl (C=O) groups is 1. The Hall–Kier alpha value is -3.48. The van der Waals surface area contributed by atoms with Crippen molar-refractivity contribution in [2.24, 2.45) is 0 Å². The van der Waals surface area contributed by atoms with Crippen molar-refractivity contribution in [2.75, 3.05) is 26.1 Å². The fraction of sp³-hybridized carbons (Fsp3) is 0.261. The molecule has 0 bridgehead atoms. The summed E-state index contributed by atoms with van der Waals surface area (Å²) in [5, 5.41) is 3.24. The Morgan fingerprint density at radius 2 is 1.73 bits per heavy atom. The molecule has 3 aromatic rings. The molecular formula is C23H26FN3O3. The van der Waals surface area contributed by atoms with E-state index in [-0.39, 0.29) is 11.6 Å². The van der Waals surface area contributed by atoms with E-state index in [4.69, 9.17) is 9.47 Å². The van der Waals surface area contributed by atoms with Gasteiger partial charge in [0.2, 0.25) is 0 Å². The molecular weight excluding hydrogens is 385 g/mol. The first-order valence-corrected chi connectivity index (χ1v) is 9.68. The van der Waals surface area contributed by atoms with E-state index in [1.165, 1.54) is 19.2 Å². The molecule has 2 aromatic carbocycles. The lowest BCUT2D eigenvalue weighted by molar-refractivity contribution is 0.112. The molecule has 3 rings (SSSR count). The molecule has 30 heavy (non-hydrogen) atoms. The SMILES string of the molecule is CC.COc1ccc(CCNc2cc(-c3ccc(F)c(C=O)c3)nc(OC)n2)cc1. The quantitative estimate of drug-likeness (QED) is 0.537. The predicted octanol–water partition coefficient (Wildman–Crippen LogP) is 4.79. The van der Waals surface area contributed by atoms with Crippen molar-refractivity contribution >= 4 is 12.1 Å². The number of benzene rings is 2. The zero-order valence-electron chi connectivity index (χ0n) is 17.6. The maximum Gasteiger partial charge on any atom is 0.318 e. The number of rotatable bonds is 8. The molecule has 0 radical (unpaired) electrons. The molecule has 0 aliphatic carbocycles. The van der Waals surface area contributed by atoms with Gasteiger partial charge < -0.3 is 14.8 Å². The summed E-state index contributed by atoms with van der Waals surface area (Å²) >= 11 is 0. The van der Waals surface area contributed by atoms with Crippen LogP contribution in [0.2, 0.25) is 0 Å². The van der Waals surface area contributed by atoms with E-state index >= 15 is 0 Å². The number of halogens is 1. The first kappa shape index (κ1) is 22.8. The molecule has 6 nitrogen and oxygen atoms in total. The van der Waals surface area contributed by atoms with Gasteiger partial charge in [-0.15, -0.1) is 0 Å². The van der Waals surface area contributed by atoms with Crippen LogP contribution in [-0.2, 0) is 6.42 Å². The van der Waals surface area contributed by atoms with Gasteiger partial charge in [0.15, 0.2) is 6.29 Å². The van der Waals surface area contributed by atoms with Crippen molar-refractivity contribution in [3.8, 4) is 23.0 Å². The first-order chi connectivity index (χ1) is 14.6. The summed E-state index contributed by atoms with van der Waals surface area (Å²) in [5.74, 6) is 0.820. The molecule has 0 saturated heterocycles. The summed E-state index contributed by atoms with van der Waals surface area (Å²) in [6.45, 7) is 4.65. The Morgan fingerprint density at radius 1 is 1.00 bits per heavy atom. The number of methoxy groups -OCH3 is 2. The topological polar surface area (TPSA) is 73.3 Å². The maximum absolute atomic E-state index is 13.6. The van der Waals surface area contributed by atoms with Gasteiger partial charge >= 0.3 is 6.01 Å². The zero-order chi connectivity index (χ0) is 21.9. The number of carbonyl (C=O) groups excluding carboxylic acids is 1. The van der Waals surface area contributed by atoms with Crippen molar-refractivity contribution in [1.82, 2.24) is 9.97 Å². The lowest BCUT2D eigenvalue weighted by Crippen LogP contribution is -2.08. The van der Waals surface area contributed by atoms with Gasteiger partial charge in [-0.1, -0.05) is 26.0 Å². The Balaban J connectivity index is 0.00000155. The Labute approximate surface area is 176 Å². The number of hydrogen-bond acceptors (Lipinski definition) is 6. The Kier molecular flexibility index (Phi) is 8.75. The summed E-state index contributed by atoms with van der Waals surface area (Å²) in [4.78, 5) is 19.6. The number of aromatic nitrogens is 2. The average Bonchev–Trinajstić information content (AvgIpc) is 2.81. The summed E-state index contributed by atoms with van der Waals surface area (Å²) in [7, 11) is 3.11. The monoisotopic (exact) mass is 411 g/mol. The molecule has 1 aromatic heterocycles. The van der Waals surface area contributed by atoms with Crippen molar-refractivity contribution in [1.29, 1.82) is 0 Å². The van der Waals surface area contributed by atoms with Gasteiger partial charge in [-0.05, 0) is 42.3 Å². The van der Waals surface area contributed by atoms with Crippen LogP contribution in [0.5, 0.6) is 11.8 Å². The second-order valence-electron chi connectivity index (χ2n) is 6.00. The zero-order valence-corrected chi connectivity index (χ0v) is 17.6. The van der Waals surface area contributed by atoms with E-state index in [2.05, 4.69) is 15.3 Å². The lowest BCUT2D eigenvalue weighted by atomic mass is 10.1. The van der Waals surface area contributed by atoms with E-state index in [1.54, 1.807) is 19.2 Å². The first-order valence-electron chi connectivity index (χ1n) is 9.68. The minimum atomic E-state index is -0.572. The van der Waals surface area contributed by atoms with Crippen LogP contribution in [0.25, 0.3) is 11.3 Å². The normalized spacial score (nSPS) is 9.90. The molecule has 0 spiro atoms. The number of hydrogen-bond donors (Lipinski definition) is 1. The third-order valence-corrected chi connectivity index (χ3v) is 4.19. The molecule has 0 fully saturated rings. The predicted molar refractivity (Wildman–Crippen MR) is 116 cm³/mol. The van der Waals surface area contributed by atoms with Crippen LogP contribution in [-0.4, -0.2) is 37.0 Å². The van der Waals surface area contributed by atoms with Crippen molar-refractivity contribution < 1.29 is 18.7 Å². The second kappa shape index (κ2) is 11.5. The lowest BCUT2D eigenvalue weighted by Gasteiger charge is -2.10. The van der Waals surface area contributed by atoms with Gasteiger partial charge in [0.05, 0.1) is 25.5 Å². The van der Waals surface area contributed by atoms with Gasteiger partial charge in [-0.2, -0.15) is 9.97 Å². The van der Waals surface area contributed by atoms with Crippen molar-refractivity contribution in [3.05, 3.63) is 65.5 Å². The molecule has 0 unspecified atom stereocenters. The Morgan fingerprint density at radius 3 is 2.37 bits per heavy atom. The third-order valence-electron chi connectivity index (χ3n) is 4.19. The van der Waals surface area contributed by atoms with Crippen molar-refractivity contribution in [2.45, 2.75) is 20.3 Å². The van der Waals surface area contributed by atoms with Gasteiger partial charge in [-0.25, -0.2) is 4.39 Å². The molecule has 7 heteroatoms. The summed E-state index contributed by atoms with van der Waals surface area (Å²) in [5.41, 5.74) is 2.26. The van der Waals surface area contributed by atoms with Crippen LogP contribution in [0.4, 0.5) is 10.2 Å². The molecule has 0 aliphatic heterocycles. The van der Waals surface area contributed by atoms with Crippen LogP contribution in [0.1, 0.15) is 29.8 Å². The van der Waals surface area contributed by atoms with Gasteiger partial charge in [0.1, 0.15) is 17.4 Å². The van der Waals surface area contributed by atoms with E-state index in [0.717, 1.165) is 17.7 Å². The highest BCUT2D eigenvalue weighted by Gasteiger charge is 2.10. The van der Waals surface area contributed by atoms with Crippen LogP contribution in [0.15, 0.2) is 48.5 Å². The minimum Gasteiger partial charge on any atom is -0.497 e. The van der Waals surface area contributed by atoms with E-state index in [0.29, 0.717) is 29.9 Å². The van der Waals surface area contributed by atoms with Gasteiger partial charge in [0.25, 0.3) is 0 Å². The Bertz CT molecular complexity index is 962. The molecule has 0 atom stereocenters. The largest absolute Gasteiger partial charge is 0.497 e. The maximum atomic E-state index is 13.6. The van der Waals surface area contributed by atoms with Gasteiger partial charge in [0, 0.05) is 18.2 Å². The van der Waals surface area contributed by atoms with Crippen LogP contribution in [0, 0.1) is 5.82 Å². The number of nitrogens with one attached hydrogen (secondary N) is 1. The molecule has 0 aliphatic rings. The van der Waals surface area contributed by atoms with E-state index in [1.807, 2.05) is 38.1 Å². The molecule has 1 N–H and O–H groups in total. The number of anilines is 1. The summed E-state index contributed by atoms with van der Waals surface area (Å²) in [6.07, 6.45) is 1.27. The molecule has 1 heterocycles. The fourth-order valence-corrected chi connectivity index (χ4v) is 2.68. The van der Waals surface area contributed by atoms with E-state index in [9.17, 15) is 9.18 Å². The average molecular weight is 411 g/mol. The number of ether oxygens (including phenoxy) is 2. The summed E-state index contributed by atoms with van der Waals surface area (Å²) < 4.78 is 23.9. The van der Waals surface area contributed by atoms with Crippen LogP contribution in [0.3, 0.4) is 0 Å². The number of aldehydes is 1. The fourth-order valence-electron chi connectivity index (χ4n) is 2.68. The van der Waals surface area contributed by atoms with Crippen molar-refractivity contribution in [3.63, 3.8) is 0 Å². The highest BCUT2D eigenvalue weighted by atomic mass is 19.1. The number of nitrogens with zero attached hydrogens (tertiary/aromatic N) is 2. The smallest absolute Gasteiger partial charge is 0.318 e. The van der Waals surface area contributed by atoms with Crippen LogP contribution >= 0.6 is 0 Å². The highest BCUT2D eigenvalue weighted by molar-refractivity contribution is 5.79.